The Kier molecular flexibility index (Phi) is 4.01. The zero-order valence-corrected chi connectivity index (χ0v) is 10.7. The second kappa shape index (κ2) is 3.87. The molecule has 11 heavy (non-hydrogen) atoms. The number of hydrogen-bond donors (Lipinski definition) is 0. The molecule has 0 heterocycles. The van der Waals surface area contributed by atoms with E-state index in [4.69, 9.17) is 4.12 Å². The van der Waals surface area contributed by atoms with Crippen molar-refractivity contribution in [2.45, 2.75) is 46.1 Å². The van der Waals surface area contributed by atoms with Crippen molar-refractivity contribution in [3.63, 3.8) is 0 Å². The molecule has 0 aromatic carbocycles. The van der Waals surface area contributed by atoms with Crippen LogP contribution < -0.4 is 0 Å². The van der Waals surface area contributed by atoms with Gasteiger partial charge in [-0.2, -0.15) is 0 Å². The summed E-state index contributed by atoms with van der Waals surface area (Å²) >= 11 is 0. The van der Waals surface area contributed by atoms with Crippen LogP contribution in [0.25, 0.3) is 0 Å². The van der Waals surface area contributed by atoms with E-state index in [1.807, 2.05) is 0 Å². The highest BCUT2D eigenvalue weighted by molar-refractivity contribution is 6.86. The smallest absolute Gasteiger partial charge is 0.176 e. The third kappa shape index (κ3) is 6.78. The molecule has 0 spiro atoms. The minimum atomic E-state index is -1.40. The Hall–Kier alpha value is 0.394. The Morgan fingerprint density at radius 2 is 1.55 bits per heavy atom. The van der Waals surface area contributed by atoms with Crippen LogP contribution in [0.4, 0.5) is 0 Å². The van der Waals surface area contributed by atoms with E-state index in [0.717, 1.165) is 6.42 Å². The van der Waals surface area contributed by atoms with E-state index >= 15 is 0 Å². The normalized spacial score (nSPS) is 13.6. The topological polar surface area (TPSA) is 9.23 Å². The van der Waals surface area contributed by atoms with Crippen LogP contribution >= 0.6 is 0 Å². The monoisotopic (exact) mass is 189 g/mol. The molecule has 0 aliphatic heterocycles. The zero-order chi connectivity index (χ0) is 9.12. The fourth-order valence-corrected chi connectivity index (χ4v) is 8.95. The minimum absolute atomic E-state index is 1.14. The first kappa shape index (κ1) is 11.4. The van der Waals surface area contributed by atoms with Crippen molar-refractivity contribution >= 4 is 16.6 Å². The van der Waals surface area contributed by atoms with Gasteiger partial charge in [-0.3, -0.25) is 0 Å². The molecule has 0 aliphatic carbocycles. The largest absolute Gasteiger partial charge is 0.456 e. The quantitative estimate of drug-likeness (QED) is 0.617. The standard InChI is InChI=1S/C8H21OSi2/c1-7-8-11(5,6)9-10(2,3)4/h8H,7H2,1-6H3. The van der Waals surface area contributed by atoms with E-state index in [9.17, 15) is 0 Å². The van der Waals surface area contributed by atoms with Gasteiger partial charge < -0.3 is 4.12 Å². The highest BCUT2D eigenvalue weighted by Gasteiger charge is 2.28. The van der Waals surface area contributed by atoms with Crippen LogP contribution in [0.15, 0.2) is 0 Å². The second-order valence-electron chi connectivity index (χ2n) is 4.43. The first-order valence-corrected chi connectivity index (χ1v) is 10.7. The average molecular weight is 189 g/mol. The maximum atomic E-state index is 6.09. The van der Waals surface area contributed by atoms with Crippen molar-refractivity contribution in [2.24, 2.45) is 0 Å². The van der Waals surface area contributed by atoms with Gasteiger partial charge in [0, 0.05) is 0 Å². The van der Waals surface area contributed by atoms with Crippen molar-refractivity contribution in [3.05, 3.63) is 6.04 Å². The summed E-state index contributed by atoms with van der Waals surface area (Å²) in [6, 6.07) is 2.37. The second-order valence-corrected chi connectivity index (χ2v) is 13.1. The number of rotatable bonds is 4. The van der Waals surface area contributed by atoms with Crippen molar-refractivity contribution in [3.8, 4) is 0 Å². The first-order valence-electron chi connectivity index (χ1n) is 4.31. The molecular formula is C8H21OSi2. The predicted octanol–water partition coefficient (Wildman–Crippen LogP) is 3.20. The molecule has 0 atom stereocenters. The molecule has 0 aromatic rings. The summed E-state index contributed by atoms with van der Waals surface area (Å²) in [5.74, 6) is 0. The van der Waals surface area contributed by atoms with E-state index in [1.54, 1.807) is 0 Å². The maximum absolute atomic E-state index is 6.09. The Bertz CT molecular complexity index is 116. The summed E-state index contributed by atoms with van der Waals surface area (Å²) in [4.78, 5) is 0. The van der Waals surface area contributed by atoms with Crippen molar-refractivity contribution in [1.82, 2.24) is 0 Å². The van der Waals surface area contributed by atoms with E-state index in [2.05, 4.69) is 45.7 Å². The van der Waals surface area contributed by atoms with Crippen LogP contribution in [0.1, 0.15) is 13.3 Å². The SMILES string of the molecule is CC[CH][Si](C)(C)O[Si](C)(C)C. The van der Waals surface area contributed by atoms with Crippen LogP contribution in [0.5, 0.6) is 0 Å². The van der Waals surface area contributed by atoms with Crippen LogP contribution in [0, 0.1) is 6.04 Å². The van der Waals surface area contributed by atoms with Crippen LogP contribution in [-0.2, 0) is 4.12 Å². The third-order valence-electron chi connectivity index (χ3n) is 1.26. The minimum Gasteiger partial charge on any atom is -0.456 e. The van der Waals surface area contributed by atoms with Gasteiger partial charge in [-0.15, -0.1) is 0 Å². The molecule has 0 aliphatic rings. The van der Waals surface area contributed by atoms with Gasteiger partial charge in [0.25, 0.3) is 0 Å². The predicted molar refractivity (Wildman–Crippen MR) is 56.5 cm³/mol. The lowest BCUT2D eigenvalue weighted by Gasteiger charge is -2.30. The highest BCUT2D eigenvalue weighted by atomic mass is 28.4. The summed E-state index contributed by atoms with van der Waals surface area (Å²) < 4.78 is 6.09. The lowest BCUT2D eigenvalue weighted by Crippen LogP contribution is -2.42. The molecule has 0 rings (SSSR count). The molecular weight excluding hydrogens is 168 g/mol. The van der Waals surface area contributed by atoms with Gasteiger partial charge in [0.05, 0.1) is 0 Å². The summed E-state index contributed by atoms with van der Waals surface area (Å²) in [6.07, 6.45) is 1.14. The molecule has 1 radical (unpaired) electrons. The molecule has 0 amide bonds. The maximum Gasteiger partial charge on any atom is 0.176 e. The van der Waals surface area contributed by atoms with Gasteiger partial charge in [-0.1, -0.05) is 13.3 Å². The fourth-order valence-electron chi connectivity index (χ4n) is 1.32. The van der Waals surface area contributed by atoms with E-state index in [0.29, 0.717) is 0 Å². The lowest BCUT2D eigenvalue weighted by atomic mass is 10.6. The average Bonchev–Trinajstić information content (AvgIpc) is 1.55. The summed E-state index contributed by atoms with van der Waals surface area (Å²) in [5, 5.41) is 0. The third-order valence-corrected chi connectivity index (χ3v) is 7.21. The molecule has 1 nitrogen and oxygen atoms in total. The molecule has 0 N–H and O–H groups in total. The van der Waals surface area contributed by atoms with E-state index in [-0.39, 0.29) is 0 Å². The van der Waals surface area contributed by atoms with Crippen LogP contribution in [0.2, 0.25) is 32.7 Å². The summed E-state index contributed by atoms with van der Waals surface area (Å²) in [7, 11) is -2.70. The molecule has 0 saturated heterocycles. The Morgan fingerprint density at radius 1 is 1.09 bits per heavy atom. The fraction of sp³-hybridized carbons (Fsp3) is 0.875. The highest BCUT2D eigenvalue weighted by Crippen LogP contribution is 2.17. The first-order chi connectivity index (χ1) is 4.77. The van der Waals surface area contributed by atoms with Gasteiger partial charge in [0.15, 0.2) is 16.6 Å². The lowest BCUT2D eigenvalue weighted by molar-refractivity contribution is 0.557. The van der Waals surface area contributed by atoms with Crippen molar-refractivity contribution in [2.75, 3.05) is 0 Å². The molecule has 0 unspecified atom stereocenters. The molecule has 0 fully saturated rings. The van der Waals surface area contributed by atoms with E-state index in [1.165, 1.54) is 0 Å². The van der Waals surface area contributed by atoms with Crippen LogP contribution in [0.3, 0.4) is 0 Å². The van der Waals surface area contributed by atoms with Crippen molar-refractivity contribution < 1.29 is 4.12 Å². The van der Waals surface area contributed by atoms with Gasteiger partial charge >= 0.3 is 0 Å². The van der Waals surface area contributed by atoms with E-state index < -0.39 is 16.6 Å². The Balaban J connectivity index is 3.91. The van der Waals surface area contributed by atoms with Gasteiger partial charge in [-0.25, -0.2) is 0 Å². The molecule has 0 bridgehead atoms. The zero-order valence-electron chi connectivity index (χ0n) is 8.69. The van der Waals surface area contributed by atoms with Gasteiger partial charge in [-0.05, 0) is 38.8 Å². The Labute approximate surface area is 73.4 Å². The van der Waals surface area contributed by atoms with Crippen molar-refractivity contribution in [1.29, 1.82) is 0 Å². The van der Waals surface area contributed by atoms with Gasteiger partial charge in [0.2, 0.25) is 0 Å². The molecule has 0 aromatic heterocycles. The Morgan fingerprint density at radius 3 is 1.82 bits per heavy atom. The molecule has 67 valence electrons. The summed E-state index contributed by atoms with van der Waals surface area (Å²) in [6.45, 7) is 13.5. The molecule has 0 saturated carbocycles. The number of hydrogen-bond acceptors (Lipinski definition) is 1. The molecule has 3 heteroatoms. The van der Waals surface area contributed by atoms with Crippen LogP contribution in [-0.4, -0.2) is 16.6 Å². The summed E-state index contributed by atoms with van der Waals surface area (Å²) in [5.41, 5.74) is 0. The van der Waals surface area contributed by atoms with Gasteiger partial charge in [0.1, 0.15) is 0 Å².